The van der Waals surface area contributed by atoms with Crippen molar-refractivity contribution < 1.29 is 23.0 Å². The number of morpholine rings is 1. The van der Waals surface area contributed by atoms with Crippen LogP contribution in [0.3, 0.4) is 0 Å². The van der Waals surface area contributed by atoms with E-state index in [4.69, 9.17) is 25.8 Å². The van der Waals surface area contributed by atoms with Crippen molar-refractivity contribution in [1.82, 2.24) is 19.9 Å². The minimum atomic E-state index is -0.771. The van der Waals surface area contributed by atoms with Gasteiger partial charge in [0.2, 0.25) is 17.0 Å². The average molecular weight is 478 g/mol. The molecule has 0 unspecified atom stereocenters. The summed E-state index contributed by atoms with van der Waals surface area (Å²) in [5.74, 6) is -0.779. The Hall–Kier alpha value is -3.64. The number of hydrazone groups is 1. The molecule has 0 bridgehead atoms. The number of nitrogens with zero attached hydrogens (tertiary/aromatic N) is 6. The lowest BCUT2D eigenvalue weighted by molar-refractivity contribution is 0.122. The zero-order valence-corrected chi connectivity index (χ0v) is 18.1. The number of aromatic nitrogens is 4. The van der Waals surface area contributed by atoms with Crippen molar-refractivity contribution in [3.8, 4) is 17.4 Å². The molecule has 1 aromatic carbocycles. The number of halogens is 3. The number of hydrogen-bond acceptors (Lipinski definition) is 10. The number of benzene rings is 1. The van der Waals surface area contributed by atoms with E-state index in [2.05, 4.69) is 30.5 Å². The van der Waals surface area contributed by atoms with Crippen LogP contribution in [-0.4, -0.2) is 59.6 Å². The summed E-state index contributed by atoms with van der Waals surface area (Å²) in [6.45, 7) is 2.08. The molecule has 3 heterocycles. The van der Waals surface area contributed by atoms with Gasteiger partial charge in [-0.15, -0.1) is 0 Å². The first kappa shape index (κ1) is 22.6. The molecule has 0 amide bonds. The molecule has 0 saturated carbocycles. The largest absolute Gasteiger partial charge is 0.493 e. The number of rotatable bonds is 7. The van der Waals surface area contributed by atoms with Gasteiger partial charge in [0.25, 0.3) is 5.88 Å². The second kappa shape index (κ2) is 10.3. The molecular formula is C20H18ClF2N7O3. The first-order valence-electron chi connectivity index (χ1n) is 9.71. The summed E-state index contributed by atoms with van der Waals surface area (Å²) >= 11 is 5.69. The fraction of sp³-hybridized carbons (Fsp3) is 0.250. The zero-order valence-electron chi connectivity index (χ0n) is 17.3. The van der Waals surface area contributed by atoms with Gasteiger partial charge in [-0.1, -0.05) is 0 Å². The smallest absolute Gasteiger partial charge is 0.260 e. The number of hydrogen-bond donors (Lipinski definition) is 1. The summed E-state index contributed by atoms with van der Waals surface area (Å²) in [7, 11) is 1.43. The first-order valence-corrected chi connectivity index (χ1v) is 10.1. The molecule has 1 aliphatic heterocycles. The number of nitrogens with one attached hydrogen (secondary N) is 1. The Bertz CT molecular complexity index is 1160. The second-order valence-corrected chi connectivity index (χ2v) is 6.98. The third kappa shape index (κ3) is 5.59. The van der Waals surface area contributed by atoms with Crippen LogP contribution in [0.15, 0.2) is 35.7 Å². The SMILES string of the molecule is COc1cc(/C=N/Nc2ncc(F)c(N3CCOCC3)n2)ccc1Oc1nc(Cl)ncc1F. The molecule has 4 rings (SSSR count). The van der Waals surface area contributed by atoms with Gasteiger partial charge in [-0.05, 0) is 35.4 Å². The van der Waals surface area contributed by atoms with Gasteiger partial charge >= 0.3 is 0 Å². The van der Waals surface area contributed by atoms with Gasteiger partial charge in [-0.2, -0.15) is 19.5 Å². The van der Waals surface area contributed by atoms with E-state index in [-0.39, 0.29) is 28.7 Å². The van der Waals surface area contributed by atoms with Crippen molar-refractivity contribution in [2.75, 3.05) is 43.7 Å². The highest BCUT2D eigenvalue weighted by Crippen LogP contribution is 2.32. The average Bonchev–Trinajstić information content (AvgIpc) is 2.83. The van der Waals surface area contributed by atoms with Gasteiger partial charge in [-0.3, -0.25) is 0 Å². The summed E-state index contributed by atoms with van der Waals surface area (Å²) in [5, 5.41) is 3.93. The standard InChI is InChI=1S/C20H18ClF2N7O3/c1-31-16-8-12(2-3-15(16)33-18-14(23)11-24-19(21)28-18)9-26-29-20-25-10-13(22)17(27-20)30-4-6-32-7-5-30/h2-3,8-11H,4-7H2,1H3,(H,25,27,29)/b26-9+. The van der Waals surface area contributed by atoms with E-state index in [1.165, 1.54) is 13.3 Å². The highest BCUT2D eigenvalue weighted by Gasteiger charge is 2.18. The second-order valence-electron chi connectivity index (χ2n) is 6.64. The molecule has 1 aliphatic rings. The maximum absolute atomic E-state index is 14.1. The van der Waals surface area contributed by atoms with E-state index in [1.807, 2.05) is 0 Å². The van der Waals surface area contributed by atoms with Crippen molar-refractivity contribution in [3.63, 3.8) is 0 Å². The fourth-order valence-electron chi connectivity index (χ4n) is 2.93. The Morgan fingerprint density at radius 3 is 2.70 bits per heavy atom. The van der Waals surface area contributed by atoms with Crippen LogP contribution in [0.4, 0.5) is 20.5 Å². The van der Waals surface area contributed by atoms with Gasteiger partial charge < -0.3 is 19.1 Å². The molecule has 0 spiro atoms. The summed E-state index contributed by atoms with van der Waals surface area (Å²) in [6, 6.07) is 4.83. The number of methoxy groups -OCH3 is 1. The maximum Gasteiger partial charge on any atom is 0.260 e. The third-order valence-corrected chi connectivity index (χ3v) is 4.67. The molecule has 1 N–H and O–H groups in total. The Labute approximate surface area is 192 Å². The molecule has 1 saturated heterocycles. The van der Waals surface area contributed by atoms with Crippen LogP contribution in [0.5, 0.6) is 17.4 Å². The van der Waals surface area contributed by atoms with Crippen LogP contribution in [0.1, 0.15) is 5.56 Å². The lowest BCUT2D eigenvalue weighted by Gasteiger charge is -2.27. The van der Waals surface area contributed by atoms with E-state index in [0.29, 0.717) is 37.6 Å². The van der Waals surface area contributed by atoms with Gasteiger partial charge in [0.05, 0.1) is 38.9 Å². The quantitative estimate of drug-likeness (QED) is 0.311. The zero-order chi connectivity index (χ0) is 23.2. The van der Waals surface area contributed by atoms with Crippen molar-refractivity contribution in [2.24, 2.45) is 5.10 Å². The highest BCUT2D eigenvalue weighted by molar-refractivity contribution is 6.28. The minimum absolute atomic E-state index is 0.136. The van der Waals surface area contributed by atoms with Crippen LogP contribution < -0.4 is 19.8 Å². The van der Waals surface area contributed by atoms with Crippen LogP contribution >= 0.6 is 11.6 Å². The number of anilines is 2. The predicted molar refractivity (Wildman–Crippen MR) is 116 cm³/mol. The number of ether oxygens (including phenoxy) is 3. The summed E-state index contributed by atoms with van der Waals surface area (Å²) < 4.78 is 44.0. The molecule has 10 nitrogen and oxygen atoms in total. The third-order valence-electron chi connectivity index (χ3n) is 4.49. The normalized spacial score (nSPS) is 13.9. The van der Waals surface area contributed by atoms with E-state index >= 15 is 0 Å². The molecule has 172 valence electrons. The van der Waals surface area contributed by atoms with Crippen LogP contribution in [0.2, 0.25) is 5.28 Å². The van der Waals surface area contributed by atoms with E-state index in [1.54, 1.807) is 23.1 Å². The van der Waals surface area contributed by atoms with Crippen LogP contribution in [0.25, 0.3) is 0 Å². The van der Waals surface area contributed by atoms with Crippen molar-refractivity contribution in [3.05, 3.63) is 53.1 Å². The molecule has 1 fully saturated rings. The summed E-state index contributed by atoms with van der Waals surface area (Å²) in [6.07, 6.45) is 3.48. The molecule has 0 atom stereocenters. The minimum Gasteiger partial charge on any atom is -0.493 e. The van der Waals surface area contributed by atoms with E-state index < -0.39 is 11.6 Å². The Balaban J connectivity index is 1.46. The molecule has 13 heteroatoms. The maximum atomic E-state index is 14.1. The van der Waals surface area contributed by atoms with Gasteiger partial charge in [0.1, 0.15) is 0 Å². The highest BCUT2D eigenvalue weighted by atomic mass is 35.5. The lowest BCUT2D eigenvalue weighted by atomic mass is 10.2. The monoisotopic (exact) mass is 477 g/mol. The van der Waals surface area contributed by atoms with Crippen LogP contribution in [-0.2, 0) is 4.74 Å². The fourth-order valence-corrected chi connectivity index (χ4v) is 3.05. The molecule has 0 radical (unpaired) electrons. The van der Waals surface area contributed by atoms with Crippen molar-refractivity contribution >= 4 is 29.6 Å². The molecule has 3 aromatic rings. The van der Waals surface area contributed by atoms with Gasteiger partial charge in [0, 0.05) is 13.1 Å². The molecular weight excluding hydrogens is 460 g/mol. The van der Waals surface area contributed by atoms with E-state index in [0.717, 1.165) is 12.4 Å². The lowest BCUT2D eigenvalue weighted by Crippen LogP contribution is -2.37. The van der Waals surface area contributed by atoms with Gasteiger partial charge in [0.15, 0.2) is 23.1 Å². The first-order chi connectivity index (χ1) is 16.0. The summed E-state index contributed by atoms with van der Waals surface area (Å²) in [4.78, 5) is 17.1. The molecule has 33 heavy (non-hydrogen) atoms. The van der Waals surface area contributed by atoms with E-state index in [9.17, 15) is 8.78 Å². The Morgan fingerprint density at radius 1 is 1.12 bits per heavy atom. The Kier molecular flexibility index (Phi) is 7.05. The topological polar surface area (TPSA) is 107 Å². The predicted octanol–water partition coefficient (Wildman–Crippen LogP) is 3.28. The van der Waals surface area contributed by atoms with Crippen molar-refractivity contribution in [1.29, 1.82) is 0 Å². The molecule has 2 aromatic heterocycles. The van der Waals surface area contributed by atoms with Crippen LogP contribution in [0, 0.1) is 11.6 Å². The summed E-state index contributed by atoms with van der Waals surface area (Å²) in [5.41, 5.74) is 3.30. The molecule has 0 aliphatic carbocycles. The van der Waals surface area contributed by atoms with Gasteiger partial charge in [-0.25, -0.2) is 19.8 Å². The van der Waals surface area contributed by atoms with Crippen molar-refractivity contribution in [2.45, 2.75) is 0 Å². The Morgan fingerprint density at radius 2 is 1.91 bits per heavy atom.